The molecule has 2 aliphatic heterocycles. The van der Waals surface area contributed by atoms with E-state index in [1.54, 1.807) is 18.0 Å². The highest BCUT2D eigenvalue weighted by Crippen LogP contribution is 2.45. The average Bonchev–Trinajstić information content (AvgIpc) is 3.34. The molecule has 26 heavy (non-hydrogen) atoms. The van der Waals surface area contributed by atoms with Crippen LogP contribution in [0.1, 0.15) is 11.3 Å². The summed E-state index contributed by atoms with van der Waals surface area (Å²) < 4.78 is 13.0. The van der Waals surface area contributed by atoms with E-state index in [0.29, 0.717) is 6.61 Å². The van der Waals surface area contributed by atoms with Crippen LogP contribution < -0.4 is 4.74 Å². The number of furan rings is 1. The first-order chi connectivity index (χ1) is 12.8. The molecular weight excluding hydrogens is 414 g/mol. The van der Waals surface area contributed by atoms with E-state index < -0.39 is 0 Å². The van der Waals surface area contributed by atoms with Crippen LogP contribution >= 0.6 is 27.7 Å². The predicted molar refractivity (Wildman–Crippen MR) is 107 cm³/mol. The zero-order valence-corrected chi connectivity index (χ0v) is 16.1. The van der Waals surface area contributed by atoms with Crippen LogP contribution in [0.5, 0.6) is 5.75 Å². The van der Waals surface area contributed by atoms with Crippen molar-refractivity contribution < 1.29 is 9.15 Å². The molecule has 0 unspecified atom stereocenters. The summed E-state index contributed by atoms with van der Waals surface area (Å²) in [6.45, 7) is 2.22. The molecule has 0 amide bonds. The topological polar surface area (TPSA) is 50.9 Å². The second-order valence-corrected chi connectivity index (χ2v) is 8.30. The molecule has 130 valence electrons. The zero-order chi connectivity index (χ0) is 17.5. The summed E-state index contributed by atoms with van der Waals surface area (Å²) in [4.78, 5) is 10.8. The van der Waals surface area contributed by atoms with Crippen LogP contribution in [0, 0.1) is 0 Å². The zero-order valence-electron chi connectivity index (χ0n) is 13.7. The Kier molecular flexibility index (Phi) is 3.98. The fourth-order valence-corrected chi connectivity index (χ4v) is 4.82. The maximum atomic E-state index is 6.08. The summed E-state index contributed by atoms with van der Waals surface area (Å²) in [5, 5.41) is 2.05. The first-order valence-electron chi connectivity index (χ1n) is 8.23. The number of amidine groups is 1. The van der Waals surface area contributed by atoms with Gasteiger partial charge >= 0.3 is 0 Å². The van der Waals surface area contributed by atoms with Gasteiger partial charge in [0.15, 0.2) is 10.9 Å². The van der Waals surface area contributed by atoms with Gasteiger partial charge < -0.3 is 14.1 Å². The summed E-state index contributed by atoms with van der Waals surface area (Å²) >= 11 is 5.29. The van der Waals surface area contributed by atoms with Crippen molar-refractivity contribution in [3.05, 3.63) is 63.9 Å². The van der Waals surface area contributed by atoms with Crippen molar-refractivity contribution in [3.63, 3.8) is 0 Å². The molecule has 0 N–H and O–H groups in total. The first kappa shape index (κ1) is 16.0. The molecule has 0 atom stereocenters. The van der Waals surface area contributed by atoms with Crippen molar-refractivity contribution in [1.29, 1.82) is 0 Å². The van der Waals surface area contributed by atoms with Crippen molar-refractivity contribution >= 4 is 49.5 Å². The van der Waals surface area contributed by atoms with Crippen LogP contribution in [0.3, 0.4) is 0 Å². The minimum absolute atomic E-state index is 0.491. The summed E-state index contributed by atoms with van der Waals surface area (Å²) in [5.41, 5.74) is 2.94. The van der Waals surface area contributed by atoms with Gasteiger partial charge in [-0.3, -0.25) is 9.98 Å². The van der Waals surface area contributed by atoms with Gasteiger partial charge in [0.1, 0.15) is 23.6 Å². The number of thioether (sulfide) groups is 1. The van der Waals surface area contributed by atoms with Crippen LogP contribution in [0.2, 0.25) is 0 Å². The molecule has 5 nitrogen and oxygen atoms in total. The highest BCUT2D eigenvalue weighted by Gasteiger charge is 2.33. The third-order valence-electron chi connectivity index (χ3n) is 4.29. The number of halogens is 1. The number of aliphatic imine (C=N–C) groups is 1. The molecule has 7 heteroatoms. The van der Waals surface area contributed by atoms with Crippen LogP contribution in [-0.4, -0.2) is 28.1 Å². The number of aromatic nitrogens is 1. The second-order valence-electron chi connectivity index (χ2n) is 6.00. The van der Waals surface area contributed by atoms with Gasteiger partial charge in [0.05, 0.1) is 10.4 Å². The highest BCUT2D eigenvalue weighted by atomic mass is 79.9. The molecule has 0 bridgehead atoms. The molecule has 0 aliphatic carbocycles. The molecule has 0 fully saturated rings. The second kappa shape index (κ2) is 6.48. The van der Waals surface area contributed by atoms with Crippen molar-refractivity contribution in [3.8, 4) is 5.75 Å². The number of fused-ring (bicyclic) bond motifs is 2. The Morgan fingerprint density at radius 1 is 1.27 bits per heavy atom. The number of nitrogens with zero attached hydrogens (tertiary/aromatic N) is 3. The van der Waals surface area contributed by atoms with Gasteiger partial charge in [0.2, 0.25) is 0 Å². The predicted octanol–water partition coefficient (Wildman–Crippen LogP) is 4.85. The van der Waals surface area contributed by atoms with Crippen molar-refractivity contribution in [2.45, 2.75) is 6.61 Å². The first-order valence-corrected chi connectivity index (χ1v) is 9.84. The fourth-order valence-electron chi connectivity index (χ4n) is 3.06. The fraction of sp³-hybridized carbons (Fsp3) is 0.158. The Morgan fingerprint density at radius 3 is 3.12 bits per heavy atom. The number of benzene rings is 1. The van der Waals surface area contributed by atoms with Gasteiger partial charge in [-0.2, -0.15) is 0 Å². The van der Waals surface area contributed by atoms with Crippen LogP contribution in [0.4, 0.5) is 0 Å². The number of ether oxygens (including phenoxy) is 1. The lowest BCUT2D eigenvalue weighted by Gasteiger charge is -2.13. The van der Waals surface area contributed by atoms with Crippen molar-refractivity contribution in [2.24, 2.45) is 4.99 Å². The maximum absolute atomic E-state index is 6.08. The van der Waals surface area contributed by atoms with Gasteiger partial charge in [-0.1, -0.05) is 6.07 Å². The van der Waals surface area contributed by atoms with E-state index in [1.807, 2.05) is 36.5 Å². The Bertz CT molecular complexity index is 1050. The van der Waals surface area contributed by atoms with E-state index >= 15 is 0 Å². The summed E-state index contributed by atoms with van der Waals surface area (Å²) in [6, 6.07) is 11.9. The van der Waals surface area contributed by atoms with E-state index in [4.69, 9.17) is 9.15 Å². The van der Waals surface area contributed by atoms with E-state index in [0.717, 1.165) is 55.8 Å². The smallest absolute Gasteiger partial charge is 0.169 e. The van der Waals surface area contributed by atoms with E-state index in [9.17, 15) is 0 Å². The summed E-state index contributed by atoms with van der Waals surface area (Å²) in [5.74, 6) is 1.65. The van der Waals surface area contributed by atoms with Crippen LogP contribution in [-0.2, 0) is 6.61 Å². The van der Waals surface area contributed by atoms with E-state index in [-0.39, 0.29) is 0 Å². The van der Waals surface area contributed by atoms with Gasteiger partial charge in [0, 0.05) is 29.9 Å². The van der Waals surface area contributed by atoms with Crippen molar-refractivity contribution in [1.82, 2.24) is 9.88 Å². The Morgan fingerprint density at radius 2 is 2.23 bits per heavy atom. The molecule has 4 heterocycles. The van der Waals surface area contributed by atoms with E-state index in [2.05, 4.69) is 36.9 Å². The monoisotopic (exact) mass is 427 g/mol. The molecule has 2 aliphatic rings. The third-order valence-corrected chi connectivity index (χ3v) is 6.05. The number of hydrogen-bond acceptors (Lipinski definition) is 6. The van der Waals surface area contributed by atoms with Crippen molar-refractivity contribution in [2.75, 3.05) is 13.1 Å². The van der Waals surface area contributed by atoms with E-state index in [1.165, 1.54) is 0 Å². The minimum Gasteiger partial charge on any atom is -0.489 e. The lowest BCUT2D eigenvalue weighted by Crippen LogP contribution is -2.19. The molecule has 5 rings (SSSR count). The summed E-state index contributed by atoms with van der Waals surface area (Å²) in [7, 11) is 0. The largest absolute Gasteiger partial charge is 0.489 e. The minimum atomic E-state index is 0.491. The third kappa shape index (κ3) is 2.81. The van der Waals surface area contributed by atoms with Crippen LogP contribution in [0.15, 0.2) is 62.0 Å². The van der Waals surface area contributed by atoms with Gasteiger partial charge in [-0.15, -0.1) is 0 Å². The lowest BCUT2D eigenvalue weighted by molar-refractivity contribution is 0.306. The molecule has 1 aromatic carbocycles. The SMILES string of the molecule is BrC1=C(c2cc3cc(OCc4cccnc4)ccc3o2)N2CCN=C2S1. The molecule has 2 aromatic heterocycles. The summed E-state index contributed by atoms with van der Waals surface area (Å²) in [6.07, 6.45) is 3.57. The average molecular weight is 428 g/mol. The molecule has 0 radical (unpaired) electrons. The quantitative estimate of drug-likeness (QED) is 0.595. The molecule has 0 saturated heterocycles. The molecular formula is C19H14BrN3O2S. The molecule has 0 saturated carbocycles. The Balaban J connectivity index is 1.42. The van der Waals surface area contributed by atoms with Gasteiger partial charge in [0.25, 0.3) is 0 Å². The molecule has 3 aromatic rings. The Labute approximate surface area is 162 Å². The number of pyridine rings is 1. The lowest BCUT2D eigenvalue weighted by atomic mass is 10.2. The van der Waals surface area contributed by atoms with Gasteiger partial charge in [-0.25, -0.2) is 0 Å². The number of rotatable bonds is 4. The highest BCUT2D eigenvalue weighted by molar-refractivity contribution is 9.14. The molecule has 0 spiro atoms. The standard InChI is InChI=1S/C19H14BrN3O2S/c20-18-17(23-7-6-22-19(23)26-18)16-9-13-8-14(3-4-15(13)25-16)24-11-12-2-1-5-21-10-12/h1-5,8-10H,6-7,11H2. The van der Waals surface area contributed by atoms with Gasteiger partial charge in [-0.05, 0) is 58.0 Å². The normalized spacial score (nSPS) is 16.3. The maximum Gasteiger partial charge on any atom is 0.169 e. The van der Waals surface area contributed by atoms with Crippen LogP contribution in [0.25, 0.3) is 16.7 Å². The Hall–Kier alpha value is -2.25. The number of hydrogen-bond donors (Lipinski definition) is 0.